The highest BCUT2D eigenvalue weighted by Gasteiger charge is 2.15. The predicted molar refractivity (Wildman–Crippen MR) is 141 cm³/mol. The van der Waals surface area contributed by atoms with E-state index in [4.69, 9.17) is 18.6 Å². The lowest BCUT2D eigenvalue weighted by atomic mass is 10.0. The van der Waals surface area contributed by atoms with Gasteiger partial charge in [0.1, 0.15) is 23.2 Å². The van der Waals surface area contributed by atoms with Gasteiger partial charge in [0.05, 0.1) is 23.9 Å². The third kappa shape index (κ3) is 7.98. The Bertz CT molecular complexity index is 1310. The second-order valence-electron chi connectivity index (χ2n) is 8.18. The van der Waals surface area contributed by atoms with Crippen LogP contribution in [-0.4, -0.2) is 25.1 Å². The van der Waals surface area contributed by atoms with E-state index in [1.807, 2.05) is 18.2 Å². The standard InChI is InChI=1S/C28H27BrN2O6/c1-4-34-26-13-19(12-21(15-30)28(33)31-16-22-6-5-11-35-22)7-9-25(26)37-27(32)17-36-24-10-8-20(18(2)3)14-23(24)29/h5-14,18H,4,16-17H2,1-3H3,(H,31,33)/b21-12+. The number of carbonyl (C=O) groups is 2. The van der Waals surface area contributed by atoms with Crippen molar-refractivity contribution in [3.05, 3.63) is 81.7 Å². The number of ether oxygens (including phenoxy) is 3. The first-order valence-corrected chi connectivity index (χ1v) is 12.4. The lowest BCUT2D eigenvalue weighted by molar-refractivity contribution is -0.136. The van der Waals surface area contributed by atoms with Gasteiger partial charge in [-0.15, -0.1) is 0 Å². The molecule has 0 atom stereocenters. The second kappa shape index (κ2) is 13.3. The molecule has 8 nitrogen and oxygen atoms in total. The highest BCUT2D eigenvalue weighted by molar-refractivity contribution is 9.10. The zero-order valence-electron chi connectivity index (χ0n) is 20.7. The van der Waals surface area contributed by atoms with E-state index in [1.165, 1.54) is 18.4 Å². The van der Waals surface area contributed by atoms with Gasteiger partial charge < -0.3 is 23.9 Å². The van der Waals surface area contributed by atoms with Crippen molar-refractivity contribution in [2.45, 2.75) is 33.2 Å². The molecule has 1 amide bonds. The molecule has 1 heterocycles. The molecule has 0 saturated heterocycles. The maximum absolute atomic E-state index is 12.5. The molecular formula is C28H27BrN2O6. The fourth-order valence-corrected chi connectivity index (χ4v) is 3.75. The maximum atomic E-state index is 12.5. The molecule has 0 aliphatic carbocycles. The van der Waals surface area contributed by atoms with Crippen LogP contribution in [0.5, 0.6) is 17.2 Å². The summed E-state index contributed by atoms with van der Waals surface area (Å²) in [6.45, 7) is 6.15. The van der Waals surface area contributed by atoms with Crippen LogP contribution in [0.15, 0.2) is 69.3 Å². The Hall–Kier alpha value is -4.03. The van der Waals surface area contributed by atoms with Crippen LogP contribution in [0.2, 0.25) is 0 Å². The first-order valence-electron chi connectivity index (χ1n) is 11.6. The molecule has 1 N–H and O–H groups in total. The smallest absolute Gasteiger partial charge is 0.349 e. The summed E-state index contributed by atoms with van der Waals surface area (Å²) in [4.78, 5) is 24.9. The van der Waals surface area contributed by atoms with Gasteiger partial charge in [-0.05, 0) is 82.4 Å². The molecule has 0 unspecified atom stereocenters. The SMILES string of the molecule is CCOc1cc(/C=C(\C#N)C(=O)NCc2ccco2)ccc1OC(=O)COc1ccc(C(C)C)cc1Br. The Balaban J connectivity index is 1.67. The van der Waals surface area contributed by atoms with Crippen LogP contribution in [0.25, 0.3) is 6.08 Å². The van der Waals surface area contributed by atoms with Crippen LogP contribution in [0, 0.1) is 11.3 Å². The number of nitriles is 1. The second-order valence-corrected chi connectivity index (χ2v) is 9.03. The molecule has 1 aromatic heterocycles. The Morgan fingerprint density at radius 1 is 1.11 bits per heavy atom. The minimum absolute atomic E-state index is 0.0961. The van der Waals surface area contributed by atoms with E-state index in [0.717, 1.165) is 10.0 Å². The monoisotopic (exact) mass is 566 g/mol. The van der Waals surface area contributed by atoms with Crippen molar-refractivity contribution < 1.29 is 28.2 Å². The lowest BCUT2D eigenvalue weighted by Gasteiger charge is -2.13. The van der Waals surface area contributed by atoms with Gasteiger partial charge in [-0.2, -0.15) is 5.26 Å². The van der Waals surface area contributed by atoms with Crippen LogP contribution < -0.4 is 19.5 Å². The van der Waals surface area contributed by atoms with Crippen molar-refractivity contribution in [2.75, 3.05) is 13.2 Å². The quantitative estimate of drug-likeness (QED) is 0.136. The van der Waals surface area contributed by atoms with Crippen molar-refractivity contribution in [1.29, 1.82) is 5.26 Å². The summed E-state index contributed by atoms with van der Waals surface area (Å²) in [5.74, 6) is 0.796. The molecule has 0 spiro atoms. The predicted octanol–water partition coefficient (Wildman–Crippen LogP) is 5.77. The molecule has 37 heavy (non-hydrogen) atoms. The summed E-state index contributed by atoms with van der Waals surface area (Å²) in [6, 6.07) is 15.8. The highest BCUT2D eigenvalue weighted by Crippen LogP contribution is 2.31. The largest absolute Gasteiger partial charge is 0.490 e. The van der Waals surface area contributed by atoms with E-state index in [1.54, 1.807) is 37.3 Å². The Labute approximate surface area is 224 Å². The van der Waals surface area contributed by atoms with E-state index >= 15 is 0 Å². The van der Waals surface area contributed by atoms with E-state index in [9.17, 15) is 14.9 Å². The van der Waals surface area contributed by atoms with E-state index < -0.39 is 11.9 Å². The van der Waals surface area contributed by atoms with Crippen molar-refractivity contribution in [3.8, 4) is 23.3 Å². The van der Waals surface area contributed by atoms with Gasteiger partial charge in [-0.1, -0.05) is 26.0 Å². The average Bonchev–Trinajstić information content (AvgIpc) is 3.40. The summed E-state index contributed by atoms with van der Waals surface area (Å²) < 4.78 is 22.6. The number of esters is 1. The third-order valence-electron chi connectivity index (χ3n) is 5.14. The molecule has 3 rings (SSSR count). The topological polar surface area (TPSA) is 111 Å². The van der Waals surface area contributed by atoms with Crippen molar-refractivity contribution in [3.63, 3.8) is 0 Å². The van der Waals surface area contributed by atoms with Gasteiger partial charge in [0.2, 0.25) is 0 Å². The highest BCUT2D eigenvalue weighted by atomic mass is 79.9. The molecule has 0 saturated carbocycles. The molecule has 3 aromatic rings. The fraction of sp³-hybridized carbons (Fsp3) is 0.250. The molecule has 0 aliphatic rings. The van der Waals surface area contributed by atoms with Gasteiger partial charge in [-0.25, -0.2) is 4.79 Å². The van der Waals surface area contributed by atoms with Crippen LogP contribution in [0.3, 0.4) is 0 Å². The van der Waals surface area contributed by atoms with Gasteiger partial charge in [0, 0.05) is 0 Å². The molecule has 9 heteroatoms. The summed E-state index contributed by atoms with van der Waals surface area (Å²) >= 11 is 3.47. The molecule has 192 valence electrons. The van der Waals surface area contributed by atoms with Gasteiger partial charge in [-0.3, -0.25) is 4.79 Å². The van der Waals surface area contributed by atoms with Crippen LogP contribution in [0.1, 0.15) is 43.6 Å². The molecular weight excluding hydrogens is 540 g/mol. The first-order chi connectivity index (χ1) is 17.8. The zero-order valence-corrected chi connectivity index (χ0v) is 22.3. The minimum Gasteiger partial charge on any atom is -0.490 e. The molecule has 0 aliphatic heterocycles. The number of halogens is 1. The average molecular weight is 567 g/mol. The number of rotatable bonds is 11. The summed E-state index contributed by atoms with van der Waals surface area (Å²) in [7, 11) is 0. The summed E-state index contributed by atoms with van der Waals surface area (Å²) in [6.07, 6.45) is 2.92. The molecule has 0 fully saturated rings. The number of furan rings is 1. The lowest BCUT2D eigenvalue weighted by Crippen LogP contribution is -2.23. The summed E-state index contributed by atoms with van der Waals surface area (Å²) in [5.41, 5.74) is 1.58. The Morgan fingerprint density at radius 3 is 2.54 bits per heavy atom. The van der Waals surface area contributed by atoms with Gasteiger partial charge in [0.25, 0.3) is 5.91 Å². The number of carbonyl (C=O) groups excluding carboxylic acids is 2. The minimum atomic E-state index is -0.612. The number of nitrogens with one attached hydrogen (secondary N) is 1. The number of hydrogen-bond donors (Lipinski definition) is 1. The fourth-order valence-electron chi connectivity index (χ4n) is 3.24. The number of hydrogen-bond acceptors (Lipinski definition) is 7. The molecule has 0 bridgehead atoms. The van der Waals surface area contributed by atoms with Gasteiger partial charge >= 0.3 is 5.97 Å². The molecule has 2 aromatic carbocycles. The Kier molecular flexibility index (Phi) is 9.92. The van der Waals surface area contributed by atoms with Crippen LogP contribution >= 0.6 is 15.9 Å². The normalized spacial score (nSPS) is 11.1. The number of amides is 1. The number of nitrogens with zero attached hydrogens (tertiary/aromatic N) is 1. The van der Waals surface area contributed by atoms with Crippen LogP contribution in [0.4, 0.5) is 0 Å². The van der Waals surface area contributed by atoms with Crippen molar-refractivity contribution in [1.82, 2.24) is 5.32 Å². The third-order valence-corrected chi connectivity index (χ3v) is 5.76. The van der Waals surface area contributed by atoms with Crippen molar-refractivity contribution in [2.24, 2.45) is 0 Å². The van der Waals surface area contributed by atoms with E-state index in [2.05, 4.69) is 35.1 Å². The first kappa shape index (κ1) is 27.6. The van der Waals surface area contributed by atoms with Crippen molar-refractivity contribution >= 4 is 33.9 Å². The van der Waals surface area contributed by atoms with Crippen LogP contribution in [-0.2, 0) is 16.1 Å². The maximum Gasteiger partial charge on any atom is 0.349 e. The zero-order chi connectivity index (χ0) is 26.8. The molecule has 0 radical (unpaired) electrons. The Morgan fingerprint density at radius 2 is 1.89 bits per heavy atom. The van der Waals surface area contributed by atoms with E-state index in [0.29, 0.717) is 35.3 Å². The summed E-state index contributed by atoms with van der Waals surface area (Å²) in [5, 5.41) is 12.1. The van der Waals surface area contributed by atoms with Gasteiger partial charge in [0.15, 0.2) is 18.1 Å². The number of benzene rings is 2. The van der Waals surface area contributed by atoms with E-state index in [-0.39, 0.29) is 24.5 Å².